The number of hydrogen-bond acceptors (Lipinski definition) is 2. The molecule has 1 saturated heterocycles. The first-order valence-corrected chi connectivity index (χ1v) is 7.01. The number of nitrogens with zero attached hydrogens (tertiary/aromatic N) is 2. The predicted octanol–water partition coefficient (Wildman–Crippen LogP) is 3.98. The van der Waals surface area contributed by atoms with Crippen molar-refractivity contribution in [3.05, 3.63) is 23.6 Å². The Morgan fingerprint density at radius 1 is 1.39 bits per heavy atom. The second-order valence-corrected chi connectivity index (χ2v) is 6.04. The highest BCUT2D eigenvalue weighted by Crippen LogP contribution is 2.32. The minimum absolute atomic E-state index is 0.306. The lowest BCUT2D eigenvalue weighted by atomic mass is 9.85. The molecule has 0 saturated carbocycles. The van der Waals surface area contributed by atoms with E-state index in [1.54, 1.807) is 0 Å². The summed E-state index contributed by atoms with van der Waals surface area (Å²) in [5, 5.41) is 0. The number of pyridine rings is 1. The molecule has 0 N–H and O–H groups in total. The van der Waals surface area contributed by atoms with E-state index in [1.165, 1.54) is 18.7 Å². The molecule has 0 spiro atoms. The SMILES string of the molecule is CC1(C)CCCN(c2ncc(F)cc2CCl)CC1. The van der Waals surface area contributed by atoms with Gasteiger partial charge in [-0.2, -0.15) is 0 Å². The molecule has 4 heteroatoms. The van der Waals surface area contributed by atoms with Crippen LogP contribution in [-0.2, 0) is 5.88 Å². The van der Waals surface area contributed by atoms with Gasteiger partial charge in [0.15, 0.2) is 0 Å². The highest BCUT2D eigenvalue weighted by molar-refractivity contribution is 6.17. The Hall–Kier alpha value is -0.830. The Morgan fingerprint density at radius 3 is 2.89 bits per heavy atom. The lowest BCUT2D eigenvalue weighted by molar-refractivity contribution is 0.325. The monoisotopic (exact) mass is 270 g/mol. The number of alkyl halides is 1. The molecule has 100 valence electrons. The molecule has 0 radical (unpaired) electrons. The molecule has 2 rings (SSSR count). The van der Waals surface area contributed by atoms with Gasteiger partial charge in [-0.1, -0.05) is 13.8 Å². The summed E-state index contributed by atoms with van der Waals surface area (Å²) in [6, 6.07) is 1.49. The topological polar surface area (TPSA) is 16.1 Å². The second-order valence-electron chi connectivity index (χ2n) is 5.77. The van der Waals surface area contributed by atoms with Crippen LogP contribution in [-0.4, -0.2) is 18.1 Å². The summed E-state index contributed by atoms with van der Waals surface area (Å²) in [4.78, 5) is 6.47. The Bertz CT molecular complexity index is 420. The van der Waals surface area contributed by atoms with Crippen molar-refractivity contribution in [3.63, 3.8) is 0 Å². The van der Waals surface area contributed by atoms with Crippen molar-refractivity contribution >= 4 is 17.4 Å². The average Bonchev–Trinajstić information content (AvgIpc) is 2.50. The summed E-state index contributed by atoms with van der Waals surface area (Å²) < 4.78 is 13.2. The van der Waals surface area contributed by atoms with E-state index < -0.39 is 0 Å². The maximum Gasteiger partial charge on any atom is 0.141 e. The first-order valence-electron chi connectivity index (χ1n) is 6.47. The van der Waals surface area contributed by atoms with E-state index in [9.17, 15) is 4.39 Å². The van der Waals surface area contributed by atoms with E-state index in [0.29, 0.717) is 11.3 Å². The summed E-state index contributed by atoms with van der Waals surface area (Å²) in [6.45, 7) is 6.55. The number of aromatic nitrogens is 1. The van der Waals surface area contributed by atoms with Gasteiger partial charge in [0, 0.05) is 18.7 Å². The maximum atomic E-state index is 13.2. The summed E-state index contributed by atoms with van der Waals surface area (Å²) in [6.07, 6.45) is 4.78. The summed E-state index contributed by atoms with van der Waals surface area (Å²) >= 11 is 5.89. The van der Waals surface area contributed by atoms with E-state index in [0.717, 1.165) is 37.3 Å². The Kier molecular flexibility index (Phi) is 4.10. The van der Waals surface area contributed by atoms with E-state index in [4.69, 9.17) is 11.6 Å². The molecule has 1 aliphatic heterocycles. The van der Waals surface area contributed by atoms with Crippen molar-refractivity contribution in [3.8, 4) is 0 Å². The third-order valence-corrected chi connectivity index (χ3v) is 3.98. The normalized spacial score (nSPS) is 19.7. The minimum Gasteiger partial charge on any atom is -0.356 e. The van der Waals surface area contributed by atoms with Gasteiger partial charge in [0.1, 0.15) is 11.6 Å². The van der Waals surface area contributed by atoms with Gasteiger partial charge >= 0.3 is 0 Å². The van der Waals surface area contributed by atoms with Crippen LogP contribution in [0.3, 0.4) is 0 Å². The lowest BCUT2D eigenvalue weighted by Crippen LogP contribution is -2.27. The van der Waals surface area contributed by atoms with Crippen LogP contribution in [0.4, 0.5) is 10.2 Å². The van der Waals surface area contributed by atoms with Gasteiger partial charge < -0.3 is 4.90 Å². The molecule has 2 nitrogen and oxygen atoms in total. The van der Waals surface area contributed by atoms with Crippen LogP contribution in [0.1, 0.15) is 38.7 Å². The zero-order valence-corrected chi connectivity index (χ0v) is 11.8. The smallest absolute Gasteiger partial charge is 0.141 e. The molecule has 0 aromatic carbocycles. The van der Waals surface area contributed by atoms with Crippen molar-refractivity contribution < 1.29 is 4.39 Å². The first kappa shape index (κ1) is 13.6. The molecule has 0 amide bonds. The average molecular weight is 271 g/mol. The van der Waals surface area contributed by atoms with E-state index in [2.05, 4.69) is 23.7 Å². The molecule has 1 aromatic rings. The highest BCUT2D eigenvalue weighted by atomic mass is 35.5. The third-order valence-electron chi connectivity index (χ3n) is 3.69. The van der Waals surface area contributed by atoms with Gasteiger partial charge in [0.25, 0.3) is 0 Å². The van der Waals surface area contributed by atoms with Gasteiger partial charge in [0.05, 0.1) is 12.1 Å². The molecule has 18 heavy (non-hydrogen) atoms. The van der Waals surface area contributed by atoms with Crippen molar-refractivity contribution in [2.24, 2.45) is 5.41 Å². The zero-order chi connectivity index (χ0) is 13.2. The second kappa shape index (κ2) is 5.43. The van der Waals surface area contributed by atoms with Crippen LogP contribution < -0.4 is 4.90 Å². The van der Waals surface area contributed by atoms with Crippen LogP contribution in [0.15, 0.2) is 12.3 Å². The van der Waals surface area contributed by atoms with Crippen LogP contribution >= 0.6 is 11.6 Å². The predicted molar refractivity (Wildman–Crippen MR) is 73.6 cm³/mol. The van der Waals surface area contributed by atoms with Crippen LogP contribution in [0.2, 0.25) is 0 Å². The molecule has 1 aromatic heterocycles. The number of anilines is 1. The fourth-order valence-corrected chi connectivity index (χ4v) is 2.69. The molecular formula is C14H20ClFN2. The highest BCUT2D eigenvalue weighted by Gasteiger charge is 2.24. The van der Waals surface area contributed by atoms with Crippen molar-refractivity contribution in [2.45, 2.75) is 39.0 Å². The molecular weight excluding hydrogens is 251 g/mol. The van der Waals surface area contributed by atoms with Crippen molar-refractivity contribution in [1.82, 2.24) is 4.98 Å². The quantitative estimate of drug-likeness (QED) is 0.756. The standard InChI is InChI=1S/C14H20ClFN2/c1-14(2)4-3-6-18(7-5-14)13-11(9-15)8-12(16)10-17-13/h8,10H,3-7,9H2,1-2H3. The van der Waals surface area contributed by atoms with Gasteiger partial charge in [0.2, 0.25) is 0 Å². The molecule has 2 heterocycles. The first-order chi connectivity index (χ1) is 8.52. The van der Waals surface area contributed by atoms with Crippen LogP contribution in [0, 0.1) is 11.2 Å². The summed E-state index contributed by atoms with van der Waals surface area (Å²) in [7, 11) is 0. The van der Waals surface area contributed by atoms with Crippen LogP contribution in [0.25, 0.3) is 0 Å². The lowest BCUT2D eigenvalue weighted by Gasteiger charge is -2.25. The van der Waals surface area contributed by atoms with Crippen molar-refractivity contribution in [1.29, 1.82) is 0 Å². The maximum absolute atomic E-state index is 13.2. The fraction of sp³-hybridized carbons (Fsp3) is 0.643. The van der Waals surface area contributed by atoms with Gasteiger partial charge in [-0.05, 0) is 30.7 Å². The Morgan fingerprint density at radius 2 is 2.17 bits per heavy atom. The molecule has 1 aliphatic rings. The van der Waals surface area contributed by atoms with Gasteiger partial charge in [-0.3, -0.25) is 0 Å². The van der Waals surface area contributed by atoms with Gasteiger partial charge in [-0.15, -0.1) is 11.6 Å². The molecule has 0 bridgehead atoms. The fourth-order valence-electron chi connectivity index (χ4n) is 2.49. The zero-order valence-electron chi connectivity index (χ0n) is 11.0. The Labute approximate surface area is 113 Å². The summed E-state index contributed by atoms with van der Waals surface area (Å²) in [5.41, 5.74) is 1.17. The number of hydrogen-bond donors (Lipinski definition) is 0. The van der Waals surface area contributed by atoms with E-state index in [-0.39, 0.29) is 5.82 Å². The van der Waals surface area contributed by atoms with Crippen molar-refractivity contribution in [2.75, 3.05) is 18.0 Å². The number of halogens is 2. The number of rotatable bonds is 2. The molecule has 0 atom stereocenters. The minimum atomic E-state index is -0.315. The third kappa shape index (κ3) is 3.14. The molecule has 1 fully saturated rings. The van der Waals surface area contributed by atoms with Gasteiger partial charge in [-0.25, -0.2) is 9.37 Å². The van der Waals surface area contributed by atoms with E-state index in [1.807, 2.05) is 0 Å². The largest absolute Gasteiger partial charge is 0.356 e. The summed E-state index contributed by atoms with van der Waals surface area (Å²) in [5.74, 6) is 0.841. The molecule has 0 aliphatic carbocycles. The van der Waals surface area contributed by atoms with E-state index >= 15 is 0 Å². The van der Waals surface area contributed by atoms with Crippen LogP contribution in [0.5, 0.6) is 0 Å². The molecule has 0 unspecified atom stereocenters. The Balaban J connectivity index is 2.21.